The lowest BCUT2D eigenvalue weighted by Crippen LogP contribution is -2.51. The maximum absolute atomic E-state index is 12.3. The summed E-state index contributed by atoms with van der Waals surface area (Å²) < 4.78 is 0. The third-order valence-electron chi connectivity index (χ3n) is 4.28. The first-order valence-corrected chi connectivity index (χ1v) is 9.13. The van der Waals surface area contributed by atoms with Crippen molar-refractivity contribution in [2.24, 2.45) is 0 Å². The van der Waals surface area contributed by atoms with Crippen molar-refractivity contribution < 1.29 is 9.59 Å². The number of carbonyl (C=O) groups excluding carboxylic acids is 2. The standard InChI is InChI=1S/C17H27N3O2S/c1-11-10-15(14(4)23-11)12(2)18-17(22)19-13(3)16(21)20-8-6-5-7-9-20/h10,12-13H,5-9H2,1-4H3,(H2,18,19,22)/t12-,13+/m0/s1. The van der Waals surface area contributed by atoms with E-state index in [4.69, 9.17) is 0 Å². The van der Waals surface area contributed by atoms with E-state index in [0.29, 0.717) is 0 Å². The Morgan fingerprint density at radius 1 is 1.13 bits per heavy atom. The summed E-state index contributed by atoms with van der Waals surface area (Å²) in [6, 6.07) is 1.24. The second-order valence-electron chi connectivity index (χ2n) is 6.32. The minimum absolute atomic E-state index is 0.00932. The third-order valence-corrected chi connectivity index (χ3v) is 5.26. The molecule has 0 unspecified atom stereocenters. The van der Waals surface area contributed by atoms with Crippen molar-refractivity contribution in [1.29, 1.82) is 0 Å². The number of likely N-dealkylation sites (tertiary alicyclic amines) is 1. The van der Waals surface area contributed by atoms with Gasteiger partial charge in [0.25, 0.3) is 0 Å². The zero-order chi connectivity index (χ0) is 17.0. The van der Waals surface area contributed by atoms with Crippen LogP contribution < -0.4 is 10.6 Å². The van der Waals surface area contributed by atoms with Gasteiger partial charge in [0.2, 0.25) is 5.91 Å². The van der Waals surface area contributed by atoms with Crippen molar-refractivity contribution in [3.63, 3.8) is 0 Å². The molecule has 1 aliphatic rings. The van der Waals surface area contributed by atoms with Gasteiger partial charge in [0.15, 0.2) is 0 Å². The van der Waals surface area contributed by atoms with E-state index in [2.05, 4.69) is 30.5 Å². The highest BCUT2D eigenvalue weighted by atomic mass is 32.1. The highest BCUT2D eigenvalue weighted by Gasteiger charge is 2.24. The Morgan fingerprint density at radius 3 is 2.35 bits per heavy atom. The molecular formula is C17H27N3O2S. The largest absolute Gasteiger partial charge is 0.341 e. The molecule has 0 aliphatic carbocycles. The van der Waals surface area contributed by atoms with Crippen molar-refractivity contribution in [1.82, 2.24) is 15.5 Å². The molecule has 1 fully saturated rings. The Morgan fingerprint density at radius 2 is 1.78 bits per heavy atom. The molecule has 6 heteroatoms. The van der Waals surface area contributed by atoms with Crippen molar-refractivity contribution in [2.75, 3.05) is 13.1 Å². The topological polar surface area (TPSA) is 61.4 Å². The van der Waals surface area contributed by atoms with Crippen LogP contribution in [0.15, 0.2) is 6.07 Å². The molecule has 0 radical (unpaired) electrons. The van der Waals surface area contributed by atoms with E-state index in [9.17, 15) is 9.59 Å². The molecule has 0 spiro atoms. The van der Waals surface area contributed by atoms with Gasteiger partial charge in [-0.15, -0.1) is 11.3 Å². The fourth-order valence-corrected chi connectivity index (χ4v) is 4.07. The van der Waals surface area contributed by atoms with Gasteiger partial charge in [-0.3, -0.25) is 4.79 Å². The van der Waals surface area contributed by atoms with E-state index in [-0.39, 0.29) is 18.0 Å². The second kappa shape index (κ2) is 7.81. The number of carbonyl (C=O) groups is 2. The number of rotatable bonds is 4. The molecule has 2 N–H and O–H groups in total. The average molecular weight is 337 g/mol. The summed E-state index contributed by atoms with van der Waals surface area (Å²) in [4.78, 5) is 28.8. The molecule has 23 heavy (non-hydrogen) atoms. The maximum atomic E-state index is 12.3. The first-order chi connectivity index (χ1) is 10.9. The summed E-state index contributed by atoms with van der Waals surface area (Å²) in [6.45, 7) is 9.44. The number of urea groups is 1. The van der Waals surface area contributed by atoms with E-state index in [1.165, 1.54) is 16.2 Å². The summed E-state index contributed by atoms with van der Waals surface area (Å²) >= 11 is 1.73. The Hall–Kier alpha value is -1.56. The number of nitrogens with one attached hydrogen (secondary N) is 2. The van der Waals surface area contributed by atoms with E-state index in [0.717, 1.165) is 31.5 Å². The molecule has 2 rings (SSSR count). The molecule has 0 bridgehead atoms. The summed E-state index contributed by atoms with van der Waals surface area (Å²) in [5.41, 5.74) is 1.14. The van der Waals surface area contributed by atoms with Gasteiger partial charge in [0.05, 0.1) is 6.04 Å². The van der Waals surface area contributed by atoms with Crippen LogP contribution in [0, 0.1) is 13.8 Å². The van der Waals surface area contributed by atoms with Crippen molar-refractivity contribution in [3.8, 4) is 0 Å². The number of piperidine rings is 1. The van der Waals surface area contributed by atoms with E-state index >= 15 is 0 Å². The fraction of sp³-hybridized carbons (Fsp3) is 0.647. The quantitative estimate of drug-likeness (QED) is 0.887. The van der Waals surface area contributed by atoms with Crippen molar-refractivity contribution in [3.05, 3.63) is 21.4 Å². The minimum atomic E-state index is -0.495. The van der Waals surface area contributed by atoms with Crippen LogP contribution in [0.25, 0.3) is 0 Å². The van der Waals surface area contributed by atoms with Crippen LogP contribution in [-0.2, 0) is 4.79 Å². The van der Waals surface area contributed by atoms with E-state index in [1.807, 2.05) is 11.8 Å². The zero-order valence-electron chi connectivity index (χ0n) is 14.4. The molecule has 128 valence electrons. The smallest absolute Gasteiger partial charge is 0.315 e. The van der Waals surface area contributed by atoms with Crippen LogP contribution in [0.4, 0.5) is 4.79 Å². The van der Waals surface area contributed by atoms with Gasteiger partial charge in [-0.2, -0.15) is 0 Å². The highest BCUT2D eigenvalue weighted by molar-refractivity contribution is 7.12. The second-order valence-corrected chi connectivity index (χ2v) is 7.78. The molecule has 0 aromatic carbocycles. The number of aryl methyl sites for hydroxylation is 2. The first kappa shape index (κ1) is 17.8. The van der Waals surface area contributed by atoms with Gasteiger partial charge in [-0.25, -0.2) is 4.79 Å². The van der Waals surface area contributed by atoms with Crippen LogP contribution in [-0.4, -0.2) is 36.0 Å². The average Bonchev–Trinajstić information content (AvgIpc) is 2.86. The van der Waals surface area contributed by atoms with Crippen LogP contribution in [0.5, 0.6) is 0 Å². The number of hydrogen-bond donors (Lipinski definition) is 2. The summed E-state index contributed by atoms with van der Waals surface area (Å²) in [6.07, 6.45) is 3.29. The molecule has 1 aliphatic heterocycles. The molecular weight excluding hydrogens is 310 g/mol. The van der Waals surface area contributed by atoms with Crippen LogP contribution >= 0.6 is 11.3 Å². The summed E-state index contributed by atoms with van der Waals surface area (Å²) in [7, 11) is 0. The molecule has 1 saturated heterocycles. The lowest BCUT2D eigenvalue weighted by Gasteiger charge is -2.29. The molecule has 0 saturated carbocycles. The number of hydrogen-bond acceptors (Lipinski definition) is 3. The summed E-state index contributed by atoms with van der Waals surface area (Å²) in [5.74, 6) is 0.00932. The zero-order valence-corrected chi connectivity index (χ0v) is 15.3. The Balaban J connectivity index is 1.85. The SMILES string of the molecule is Cc1cc([C@H](C)NC(=O)N[C@H](C)C(=O)N2CCCCC2)c(C)s1. The van der Waals surface area contributed by atoms with Crippen molar-refractivity contribution >= 4 is 23.3 Å². The monoisotopic (exact) mass is 337 g/mol. The van der Waals surface area contributed by atoms with Gasteiger partial charge >= 0.3 is 6.03 Å². The minimum Gasteiger partial charge on any atom is -0.341 e. The lowest BCUT2D eigenvalue weighted by molar-refractivity contribution is -0.133. The number of amides is 3. The Kier molecular flexibility index (Phi) is 6.04. The molecule has 2 atom stereocenters. The van der Waals surface area contributed by atoms with Gasteiger partial charge in [-0.1, -0.05) is 0 Å². The predicted octanol–water partition coefficient (Wildman–Crippen LogP) is 3.13. The Bertz CT molecular complexity index is 564. The van der Waals surface area contributed by atoms with E-state index in [1.54, 1.807) is 18.3 Å². The molecule has 3 amide bonds. The van der Waals surface area contributed by atoms with E-state index < -0.39 is 6.04 Å². The lowest BCUT2D eigenvalue weighted by atomic mass is 10.1. The van der Waals surface area contributed by atoms with Crippen LogP contribution in [0.1, 0.15) is 54.5 Å². The Labute approximate surface area is 142 Å². The fourth-order valence-electron chi connectivity index (χ4n) is 3.04. The third kappa shape index (κ3) is 4.70. The van der Waals surface area contributed by atoms with Gasteiger partial charge in [0, 0.05) is 22.8 Å². The van der Waals surface area contributed by atoms with Crippen molar-refractivity contribution in [2.45, 2.75) is 59.0 Å². The molecule has 5 nitrogen and oxygen atoms in total. The predicted molar refractivity (Wildman–Crippen MR) is 93.8 cm³/mol. The summed E-state index contributed by atoms with van der Waals surface area (Å²) in [5, 5.41) is 5.69. The molecule has 1 aromatic rings. The van der Waals surface area contributed by atoms with Crippen LogP contribution in [0.3, 0.4) is 0 Å². The molecule has 2 heterocycles. The number of thiophene rings is 1. The normalized spacial score (nSPS) is 17.5. The van der Waals surface area contributed by atoms with Gasteiger partial charge in [0.1, 0.15) is 6.04 Å². The van der Waals surface area contributed by atoms with Crippen LogP contribution in [0.2, 0.25) is 0 Å². The van der Waals surface area contributed by atoms with Gasteiger partial charge in [-0.05, 0) is 58.6 Å². The first-order valence-electron chi connectivity index (χ1n) is 8.31. The van der Waals surface area contributed by atoms with Gasteiger partial charge < -0.3 is 15.5 Å². The molecule has 1 aromatic heterocycles. The number of nitrogens with zero attached hydrogens (tertiary/aromatic N) is 1. The maximum Gasteiger partial charge on any atom is 0.315 e. The highest BCUT2D eigenvalue weighted by Crippen LogP contribution is 2.25.